The van der Waals surface area contributed by atoms with Crippen molar-refractivity contribution in [1.82, 2.24) is 0 Å². The van der Waals surface area contributed by atoms with E-state index in [9.17, 15) is 4.79 Å². The predicted molar refractivity (Wildman–Crippen MR) is 105 cm³/mol. The molecule has 168 valence electrons. The van der Waals surface area contributed by atoms with Gasteiger partial charge < -0.3 is 33.5 Å². The van der Waals surface area contributed by atoms with Gasteiger partial charge in [-0.1, -0.05) is 26.7 Å². The Morgan fingerprint density at radius 2 is 1.14 bits per heavy atom. The van der Waals surface area contributed by atoms with Crippen molar-refractivity contribution in [3.8, 4) is 0 Å². The summed E-state index contributed by atoms with van der Waals surface area (Å²) in [5.74, 6) is -0.108. The largest absolute Gasteiger partial charge is 0.463 e. The SMILES string of the molecule is CCCCC(CC)C(=O)OCCOCCOCCOCCOCCOCCO. The number of ether oxygens (including phenoxy) is 6. The van der Waals surface area contributed by atoms with Gasteiger partial charge in [-0.15, -0.1) is 0 Å². The van der Waals surface area contributed by atoms with Gasteiger partial charge in [0.1, 0.15) is 6.61 Å². The molecule has 0 aromatic heterocycles. The standard InChI is InChI=1S/C20H40O8/c1-3-5-6-19(4-2)20(22)28-18-17-27-16-15-26-14-13-25-12-11-24-10-9-23-8-7-21/h19,21H,3-18H2,1-2H3. The molecule has 1 N–H and O–H groups in total. The van der Waals surface area contributed by atoms with E-state index in [2.05, 4.69) is 6.92 Å². The molecule has 28 heavy (non-hydrogen) atoms. The average Bonchev–Trinajstić information content (AvgIpc) is 2.70. The van der Waals surface area contributed by atoms with Crippen LogP contribution in [0.4, 0.5) is 0 Å². The molecule has 0 aromatic rings. The van der Waals surface area contributed by atoms with Crippen LogP contribution in [0, 0.1) is 5.92 Å². The van der Waals surface area contributed by atoms with Crippen LogP contribution in [0.25, 0.3) is 0 Å². The van der Waals surface area contributed by atoms with E-state index in [4.69, 9.17) is 33.5 Å². The van der Waals surface area contributed by atoms with Gasteiger partial charge in [-0.3, -0.25) is 4.79 Å². The molecule has 0 spiro atoms. The number of rotatable bonds is 22. The van der Waals surface area contributed by atoms with Crippen molar-refractivity contribution >= 4 is 5.97 Å². The van der Waals surface area contributed by atoms with Crippen LogP contribution in [0.2, 0.25) is 0 Å². The summed E-state index contributed by atoms with van der Waals surface area (Å²) in [7, 11) is 0. The van der Waals surface area contributed by atoms with Crippen LogP contribution >= 0.6 is 0 Å². The van der Waals surface area contributed by atoms with Crippen molar-refractivity contribution in [3.05, 3.63) is 0 Å². The maximum atomic E-state index is 11.9. The Bertz CT molecular complexity index is 327. The van der Waals surface area contributed by atoms with Gasteiger partial charge in [-0.2, -0.15) is 0 Å². The van der Waals surface area contributed by atoms with Crippen molar-refractivity contribution < 1.29 is 38.3 Å². The van der Waals surface area contributed by atoms with Crippen LogP contribution in [-0.2, 0) is 33.2 Å². The summed E-state index contributed by atoms with van der Waals surface area (Å²) in [5, 5.41) is 8.53. The fourth-order valence-electron chi connectivity index (χ4n) is 2.30. The van der Waals surface area contributed by atoms with Gasteiger partial charge in [-0.05, 0) is 12.8 Å². The summed E-state index contributed by atoms with van der Waals surface area (Å²) >= 11 is 0. The zero-order valence-corrected chi connectivity index (χ0v) is 17.7. The summed E-state index contributed by atoms with van der Waals surface area (Å²) in [4.78, 5) is 11.9. The van der Waals surface area contributed by atoms with E-state index in [0.717, 1.165) is 25.7 Å². The van der Waals surface area contributed by atoms with E-state index in [-0.39, 0.29) is 25.1 Å². The van der Waals surface area contributed by atoms with Crippen LogP contribution in [0.3, 0.4) is 0 Å². The van der Waals surface area contributed by atoms with E-state index < -0.39 is 0 Å². The van der Waals surface area contributed by atoms with E-state index in [1.807, 2.05) is 6.92 Å². The van der Waals surface area contributed by atoms with Crippen LogP contribution in [0.15, 0.2) is 0 Å². The minimum atomic E-state index is -0.116. The Hall–Kier alpha value is -0.770. The predicted octanol–water partition coefficient (Wildman–Crippen LogP) is 1.82. The van der Waals surface area contributed by atoms with Crippen molar-refractivity contribution in [2.24, 2.45) is 5.92 Å². The lowest BCUT2D eigenvalue weighted by molar-refractivity contribution is -0.150. The molecule has 0 saturated heterocycles. The molecule has 0 bridgehead atoms. The van der Waals surface area contributed by atoms with Gasteiger partial charge in [0, 0.05) is 0 Å². The molecule has 1 unspecified atom stereocenters. The fraction of sp³-hybridized carbons (Fsp3) is 0.950. The molecule has 0 saturated carbocycles. The number of hydrogen-bond donors (Lipinski definition) is 1. The third kappa shape index (κ3) is 18.6. The molecule has 0 aliphatic heterocycles. The summed E-state index contributed by atoms with van der Waals surface area (Å²) in [5.41, 5.74) is 0. The van der Waals surface area contributed by atoms with Gasteiger partial charge in [-0.25, -0.2) is 0 Å². The van der Waals surface area contributed by atoms with Gasteiger partial charge in [0.05, 0.1) is 78.6 Å². The lowest BCUT2D eigenvalue weighted by atomic mass is 10.00. The van der Waals surface area contributed by atoms with E-state index >= 15 is 0 Å². The highest BCUT2D eigenvalue weighted by molar-refractivity contribution is 5.72. The summed E-state index contributed by atoms with van der Waals surface area (Å²) in [6, 6.07) is 0. The molecule has 8 nitrogen and oxygen atoms in total. The Kier molecular flexibility index (Phi) is 21.9. The number of unbranched alkanes of at least 4 members (excludes halogenated alkanes) is 1. The third-order valence-electron chi connectivity index (χ3n) is 3.93. The molecule has 0 aliphatic rings. The van der Waals surface area contributed by atoms with Crippen molar-refractivity contribution in [1.29, 1.82) is 0 Å². The maximum absolute atomic E-state index is 11.9. The number of carbonyl (C=O) groups excluding carboxylic acids is 1. The molecule has 0 radical (unpaired) electrons. The van der Waals surface area contributed by atoms with Gasteiger partial charge in [0.25, 0.3) is 0 Å². The third-order valence-corrected chi connectivity index (χ3v) is 3.93. The van der Waals surface area contributed by atoms with Crippen LogP contribution in [-0.4, -0.2) is 90.4 Å². The van der Waals surface area contributed by atoms with E-state index in [1.54, 1.807) is 0 Å². The Morgan fingerprint density at radius 1 is 0.714 bits per heavy atom. The minimum absolute atomic E-state index is 0.00767. The second-order valence-corrected chi connectivity index (χ2v) is 6.20. The molecule has 0 aromatic carbocycles. The molecule has 0 amide bonds. The van der Waals surface area contributed by atoms with Crippen LogP contribution in [0.5, 0.6) is 0 Å². The van der Waals surface area contributed by atoms with Crippen molar-refractivity contribution in [2.45, 2.75) is 39.5 Å². The lowest BCUT2D eigenvalue weighted by Gasteiger charge is -2.13. The quantitative estimate of drug-likeness (QED) is 0.214. The first-order valence-corrected chi connectivity index (χ1v) is 10.4. The Labute approximate surface area is 169 Å². The van der Waals surface area contributed by atoms with E-state index in [0.29, 0.717) is 66.1 Å². The zero-order chi connectivity index (χ0) is 20.7. The first-order chi connectivity index (χ1) is 13.8. The molecule has 0 aliphatic carbocycles. The number of hydrogen-bond acceptors (Lipinski definition) is 8. The monoisotopic (exact) mass is 408 g/mol. The second-order valence-electron chi connectivity index (χ2n) is 6.20. The van der Waals surface area contributed by atoms with Crippen LogP contribution in [0.1, 0.15) is 39.5 Å². The maximum Gasteiger partial charge on any atom is 0.308 e. The highest BCUT2D eigenvalue weighted by Gasteiger charge is 2.16. The number of esters is 1. The van der Waals surface area contributed by atoms with Crippen molar-refractivity contribution in [2.75, 3.05) is 79.3 Å². The Morgan fingerprint density at radius 3 is 1.54 bits per heavy atom. The molecule has 0 fully saturated rings. The van der Waals surface area contributed by atoms with Gasteiger partial charge in [0.15, 0.2) is 0 Å². The zero-order valence-electron chi connectivity index (χ0n) is 17.7. The number of carbonyl (C=O) groups is 1. The minimum Gasteiger partial charge on any atom is -0.463 e. The molecule has 0 rings (SSSR count). The van der Waals surface area contributed by atoms with E-state index in [1.165, 1.54) is 0 Å². The first kappa shape index (κ1) is 27.2. The smallest absolute Gasteiger partial charge is 0.308 e. The van der Waals surface area contributed by atoms with Crippen molar-refractivity contribution in [3.63, 3.8) is 0 Å². The molecule has 8 heteroatoms. The molecule has 1 atom stereocenters. The molecule has 0 heterocycles. The second kappa shape index (κ2) is 22.5. The summed E-state index contributed by atoms with van der Waals surface area (Å²) in [6.07, 6.45) is 3.86. The van der Waals surface area contributed by atoms with Crippen LogP contribution < -0.4 is 0 Å². The highest BCUT2D eigenvalue weighted by atomic mass is 16.6. The average molecular weight is 409 g/mol. The fourth-order valence-corrected chi connectivity index (χ4v) is 2.30. The summed E-state index contributed by atoms with van der Waals surface area (Å²) < 4.78 is 31.8. The first-order valence-electron chi connectivity index (χ1n) is 10.4. The number of aliphatic hydroxyl groups excluding tert-OH is 1. The molecular formula is C20H40O8. The topological polar surface area (TPSA) is 92.7 Å². The lowest BCUT2D eigenvalue weighted by Crippen LogP contribution is -2.20. The summed E-state index contributed by atoms with van der Waals surface area (Å²) in [6.45, 7) is 9.07. The molecular weight excluding hydrogens is 368 g/mol. The van der Waals surface area contributed by atoms with Gasteiger partial charge in [0.2, 0.25) is 0 Å². The highest BCUT2D eigenvalue weighted by Crippen LogP contribution is 2.14. The Balaban J connectivity index is 3.24. The number of aliphatic hydroxyl groups is 1. The normalized spacial score (nSPS) is 12.2. The van der Waals surface area contributed by atoms with Gasteiger partial charge >= 0.3 is 5.97 Å².